The number of rotatable bonds is 6. The van der Waals surface area contributed by atoms with E-state index in [-0.39, 0.29) is 29.8 Å². The van der Waals surface area contributed by atoms with E-state index in [1.54, 1.807) is 12.1 Å². The van der Waals surface area contributed by atoms with Crippen LogP contribution in [0.25, 0.3) is 0 Å². The van der Waals surface area contributed by atoms with Crippen LogP contribution in [0.1, 0.15) is 47.0 Å². The van der Waals surface area contributed by atoms with Gasteiger partial charge >= 0.3 is 0 Å². The third-order valence-corrected chi connectivity index (χ3v) is 9.60. The highest BCUT2D eigenvalue weighted by molar-refractivity contribution is 7.89. The smallest absolute Gasteiger partial charge is 0.251 e. The quantitative estimate of drug-likeness (QED) is 0.644. The molecular formula is C23H29N3O5S2. The topological polar surface area (TPSA) is 119 Å². The number of hydrogen-bond donors (Lipinski definition) is 2. The van der Waals surface area contributed by atoms with Crippen molar-refractivity contribution in [2.24, 2.45) is 17.6 Å². The molecule has 1 atom stereocenters. The lowest BCUT2D eigenvalue weighted by molar-refractivity contribution is -0.120. The molecule has 1 unspecified atom stereocenters. The van der Waals surface area contributed by atoms with Gasteiger partial charge in [0, 0.05) is 23.9 Å². The summed E-state index contributed by atoms with van der Waals surface area (Å²) in [6.07, 6.45) is 3.50. The van der Waals surface area contributed by atoms with E-state index in [1.165, 1.54) is 34.9 Å². The first kappa shape index (κ1) is 23.7. The molecule has 1 aliphatic carbocycles. The van der Waals surface area contributed by atoms with Crippen molar-refractivity contribution in [2.75, 3.05) is 25.5 Å². The maximum atomic E-state index is 13.0. The van der Waals surface area contributed by atoms with Crippen molar-refractivity contribution in [2.45, 2.75) is 43.9 Å². The number of nitrogens with two attached hydrogens (primary N) is 1. The van der Waals surface area contributed by atoms with Gasteiger partial charge < -0.3 is 15.8 Å². The molecule has 33 heavy (non-hydrogen) atoms. The predicted molar refractivity (Wildman–Crippen MR) is 127 cm³/mol. The molecule has 178 valence electrons. The Balaban J connectivity index is 1.42. The third-order valence-electron chi connectivity index (χ3n) is 6.52. The number of hydrogen-bond acceptors (Lipinski definition) is 6. The van der Waals surface area contributed by atoms with Crippen LogP contribution in [0.15, 0.2) is 29.2 Å². The van der Waals surface area contributed by atoms with E-state index in [9.17, 15) is 18.0 Å². The van der Waals surface area contributed by atoms with E-state index in [4.69, 9.17) is 10.5 Å². The van der Waals surface area contributed by atoms with Crippen molar-refractivity contribution in [1.29, 1.82) is 0 Å². The number of primary amides is 1. The Bertz CT molecular complexity index is 1150. The van der Waals surface area contributed by atoms with Gasteiger partial charge in [0.1, 0.15) is 10.8 Å². The maximum absolute atomic E-state index is 13.0. The van der Waals surface area contributed by atoms with Crippen LogP contribution in [-0.2, 0) is 27.7 Å². The number of piperidine rings is 1. The first-order chi connectivity index (χ1) is 15.7. The summed E-state index contributed by atoms with van der Waals surface area (Å²) >= 11 is 1.44. The molecule has 4 rings (SSSR count). The summed E-state index contributed by atoms with van der Waals surface area (Å²) in [6, 6.07) is 6.28. The third kappa shape index (κ3) is 4.78. The zero-order chi connectivity index (χ0) is 23.8. The minimum absolute atomic E-state index is 0.189. The number of ether oxygens (including phenoxy) is 1. The number of anilines is 1. The number of carbonyl (C=O) groups is 2. The Labute approximate surface area is 198 Å². The molecule has 2 aliphatic rings. The summed E-state index contributed by atoms with van der Waals surface area (Å²) in [5.41, 5.74) is 7.06. The second kappa shape index (κ2) is 9.44. The highest BCUT2D eigenvalue weighted by atomic mass is 32.2. The van der Waals surface area contributed by atoms with Gasteiger partial charge in [-0.1, -0.05) is 6.92 Å². The van der Waals surface area contributed by atoms with Gasteiger partial charge in [0.2, 0.25) is 15.9 Å². The summed E-state index contributed by atoms with van der Waals surface area (Å²) in [4.78, 5) is 26.4. The fraction of sp³-hybridized carbons (Fsp3) is 0.478. The number of amides is 2. The summed E-state index contributed by atoms with van der Waals surface area (Å²) in [5, 5.41) is 3.46. The van der Waals surface area contributed by atoms with E-state index in [0.717, 1.165) is 29.7 Å². The van der Waals surface area contributed by atoms with Crippen LogP contribution in [0.2, 0.25) is 0 Å². The number of thiophene rings is 1. The Morgan fingerprint density at radius 3 is 2.42 bits per heavy atom. The van der Waals surface area contributed by atoms with Crippen LogP contribution in [0, 0.1) is 11.8 Å². The largest absolute Gasteiger partial charge is 0.497 e. The lowest BCUT2D eigenvalue weighted by Gasteiger charge is -2.30. The molecule has 1 aromatic carbocycles. The Morgan fingerprint density at radius 2 is 1.82 bits per heavy atom. The fourth-order valence-electron chi connectivity index (χ4n) is 4.57. The molecule has 10 heteroatoms. The lowest BCUT2D eigenvalue weighted by Crippen LogP contribution is -2.41. The van der Waals surface area contributed by atoms with Gasteiger partial charge in [0.15, 0.2) is 0 Å². The number of sulfonamides is 1. The average Bonchev–Trinajstić information content (AvgIpc) is 3.16. The highest BCUT2D eigenvalue weighted by Crippen LogP contribution is 2.40. The predicted octanol–water partition coefficient (Wildman–Crippen LogP) is 3.02. The van der Waals surface area contributed by atoms with Gasteiger partial charge in [-0.3, -0.25) is 9.59 Å². The molecule has 0 radical (unpaired) electrons. The second-order valence-corrected chi connectivity index (χ2v) is 11.8. The van der Waals surface area contributed by atoms with Gasteiger partial charge in [-0.15, -0.1) is 11.3 Å². The van der Waals surface area contributed by atoms with Crippen molar-refractivity contribution >= 4 is 38.2 Å². The highest BCUT2D eigenvalue weighted by Gasteiger charge is 2.33. The van der Waals surface area contributed by atoms with Gasteiger partial charge in [-0.2, -0.15) is 4.31 Å². The summed E-state index contributed by atoms with van der Waals surface area (Å²) in [6.45, 7) is 2.69. The van der Waals surface area contributed by atoms with E-state index in [1.807, 2.05) is 0 Å². The monoisotopic (exact) mass is 491 g/mol. The standard InChI is InChI=1S/C23H29N3O5S2/c1-14-3-8-18-19(13-14)32-23(20(18)21(24)27)25-22(28)15-9-11-26(12-10-15)33(29,30)17-6-4-16(31-2)5-7-17/h4-7,14-15H,3,8-13H2,1-2H3,(H2,24,27)(H,25,28). The molecule has 8 nitrogen and oxygen atoms in total. The number of fused-ring (bicyclic) bond motifs is 1. The molecule has 0 saturated carbocycles. The van der Waals surface area contributed by atoms with Crippen molar-refractivity contribution in [3.05, 3.63) is 40.3 Å². The minimum atomic E-state index is -3.63. The maximum Gasteiger partial charge on any atom is 0.251 e. The molecule has 0 bridgehead atoms. The SMILES string of the molecule is COc1ccc(S(=O)(=O)N2CCC(C(=O)Nc3sc4c(c3C(N)=O)CCC(C)C4)CC2)cc1. The van der Waals surface area contributed by atoms with Crippen molar-refractivity contribution in [1.82, 2.24) is 4.31 Å². The molecular weight excluding hydrogens is 462 g/mol. The number of carbonyl (C=O) groups excluding carboxylic acids is 2. The van der Waals surface area contributed by atoms with E-state index >= 15 is 0 Å². The van der Waals surface area contributed by atoms with Crippen molar-refractivity contribution in [3.63, 3.8) is 0 Å². The van der Waals surface area contributed by atoms with E-state index < -0.39 is 15.9 Å². The first-order valence-electron chi connectivity index (χ1n) is 11.1. The first-order valence-corrected chi connectivity index (χ1v) is 13.4. The summed E-state index contributed by atoms with van der Waals surface area (Å²) < 4.78 is 32.4. The van der Waals surface area contributed by atoms with Crippen LogP contribution in [0.4, 0.5) is 5.00 Å². The average molecular weight is 492 g/mol. The summed E-state index contributed by atoms with van der Waals surface area (Å²) in [5.74, 6) is 0.0938. The lowest BCUT2D eigenvalue weighted by atomic mass is 9.88. The van der Waals surface area contributed by atoms with E-state index in [0.29, 0.717) is 35.1 Å². The molecule has 2 amide bonds. The number of nitrogens with zero attached hydrogens (tertiary/aromatic N) is 1. The zero-order valence-corrected chi connectivity index (χ0v) is 20.4. The van der Waals surface area contributed by atoms with Gasteiger partial charge in [0.05, 0.1) is 17.6 Å². The van der Waals surface area contributed by atoms with Crippen LogP contribution in [0.3, 0.4) is 0 Å². The van der Waals surface area contributed by atoms with Gasteiger partial charge in [-0.05, 0) is 67.9 Å². The molecule has 3 N–H and O–H groups in total. The van der Waals surface area contributed by atoms with Crippen LogP contribution >= 0.6 is 11.3 Å². The van der Waals surface area contributed by atoms with Gasteiger partial charge in [-0.25, -0.2) is 8.42 Å². The number of benzene rings is 1. The molecule has 2 aromatic rings. The van der Waals surface area contributed by atoms with Gasteiger partial charge in [0.25, 0.3) is 5.91 Å². The van der Waals surface area contributed by atoms with E-state index in [2.05, 4.69) is 12.2 Å². The molecule has 1 aliphatic heterocycles. The molecule has 1 aromatic heterocycles. The number of nitrogens with one attached hydrogen (secondary N) is 1. The van der Waals surface area contributed by atoms with Crippen LogP contribution in [-0.4, -0.2) is 44.7 Å². The second-order valence-electron chi connectivity index (χ2n) is 8.76. The molecule has 0 spiro atoms. The minimum Gasteiger partial charge on any atom is -0.497 e. The Kier molecular flexibility index (Phi) is 6.78. The van der Waals surface area contributed by atoms with Crippen molar-refractivity contribution in [3.8, 4) is 5.75 Å². The van der Waals surface area contributed by atoms with Crippen molar-refractivity contribution < 1.29 is 22.7 Å². The molecule has 1 saturated heterocycles. The Hall–Kier alpha value is -2.43. The normalized spacial score (nSPS) is 19.6. The molecule has 1 fully saturated rings. The fourth-order valence-corrected chi connectivity index (χ4v) is 7.46. The van der Waals surface area contributed by atoms with Crippen LogP contribution in [0.5, 0.6) is 5.75 Å². The Morgan fingerprint density at radius 1 is 1.15 bits per heavy atom. The zero-order valence-electron chi connectivity index (χ0n) is 18.8. The molecule has 2 heterocycles. The summed E-state index contributed by atoms with van der Waals surface area (Å²) in [7, 11) is -2.11. The number of methoxy groups -OCH3 is 1. The van der Waals surface area contributed by atoms with Crippen LogP contribution < -0.4 is 15.8 Å².